The molecule has 0 bridgehead atoms. The fourth-order valence-corrected chi connectivity index (χ4v) is 3.14. The number of rotatable bonds is 5. The average Bonchev–Trinajstić information content (AvgIpc) is 3.04. The van der Waals surface area contributed by atoms with Gasteiger partial charge in [0, 0.05) is 5.39 Å². The molecule has 1 amide bonds. The van der Waals surface area contributed by atoms with Gasteiger partial charge in [0.25, 0.3) is 5.91 Å². The van der Waals surface area contributed by atoms with Gasteiger partial charge in [0.15, 0.2) is 0 Å². The third kappa shape index (κ3) is 3.56. The molecule has 0 saturated heterocycles. The Bertz CT molecular complexity index is 1040. The summed E-state index contributed by atoms with van der Waals surface area (Å²) < 4.78 is 34.0. The first-order valence-corrected chi connectivity index (χ1v) is 9.34. The average molecular weight is 374 g/mol. The van der Waals surface area contributed by atoms with E-state index in [0.717, 1.165) is 11.0 Å². The summed E-state index contributed by atoms with van der Waals surface area (Å²) in [7, 11) is -2.54. The normalized spacial score (nSPS) is 12.7. The minimum absolute atomic E-state index is 0.0713. The number of methoxy groups -OCH3 is 1. The van der Waals surface area contributed by atoms with E-state index in [0.29, 0.717) is 5.76 Å². The van der Waals surface area contributed by atoms with Crippen molar-refractivity contribution in [3.05, 3.63) is 59.9 Å². The van der Waals surface area contributed by atoms with E-state index in [-0.39, 0.29) is 16.2 Å². The van der Waals surface area contributed by atoms with Crippen LogP contribution in [0.3, 0.4) is 0 Å². The summed E-state index contributed by atoms with van der Waals surface area (Å²) in [5, 5.41) is 8.84. The van der Waals surface area contributed by atoms with E-state index in [9.17, 15) is 13.2 Å². The molecular formula is C18H18N2O5S. The van der Waals surface area contributed by atoms with Gasteiger partial charge in [-0.3, -0.25) is 4.79 Å². The highest BCUT2D eigenvalue weighted by Gasteiger charge is 2.20. The first kappa shape index (κ1) is 18.0. The molecular weight excluding hydrogens is 356 g/mol. The van der Waals surface area contributed by atoms with Crippen LogP contribution in [0.2, 0.25) is 0 Å². The summed E-state index contributed by atoms with van der Waals surface area (Å²) in [6, 6.07) is 12.8. The standard InChI is InChI=1S/C18H18N2O5S/c1-11(17-9-12-5-3-4-6-15(12)25-17)20-18(21)14-10-13(26(19,22)23)7-8-16(14)24-2/h3-11H,1-2H3,(H,20,21)(H2,19,22,23)/t11-/m0/s1. The molecule has 3 rings (SSSR count). The van der Waals surface area contributed by atoms with Crippen molar-refractivity contribution in [3.8, 4) is 5.75 Å². The fraction of sp³-hybridized carbons (Fsp3) is 0.167. The van der Waals surface area contributed by atoms with Crippen molar-refractivity contribution in [1.29, 1.82) is 0 Å². The Morgan fingerprint density at radius 1 is 1.19 bits per heavy atom. The number of carbonyl (C=O) groups is 1. The molecule has 0 aliphatic carbocycles. The molecule has 3 aromatic rings. The Hall–Kier alpha value is -2.84. The second-order valence-corrected chi connectivity index (χ2v) is 7.35. The quantitative estimate of drug-likeness (QED) is 0.713. The maximum atomic E-state index is 12.6. The zero-order valence-electron chi connectivity index (χ0n) is 14.2. The molecule has 0 aliphatic heterocycles. The van der Waals surface area contributed by atoms with Crippen molar-refractivity contribution < 1.29 is 22.4 Å². The molecule has 8 heteroatoms. The Balaban J connectivity index is 1.89. The Morgan fingerprint density at radius 3 is 2.58 bits per heavy atom. The van der Waals surface area contributed by atoms with Crippen LogP contribution in [0, 0.1) is 0 Å². The summed E-state index contributed by atoms with van der Waals surface area (Å²) in [5.41, 5.74) is 0.791. The van der Waals surface area contributed by atoms with Gasteiger partial charge in [-0.2, -0.15) is 0 Å². The lowest BCUT2D eigenvalue weighted by molar-refractivity contribution is 0.0932. The van der Waals surface area contributed by atoms with Crippen LogP contribution in [-0.4, -0.2) is 21.4 Å². The number of nitrogens with two attached hydrogens (primary N) is 1. The van der Waals surface area contributed by atoms with E-state index in [4.69, 9.17) is 14.3 Å². The molecule has 0 aliphatic rings. The number of sulfonamides is 1. The predicted octanol–water partition coefficient (Wildman–Crippen LogP) is 2.58. The zero-order valence-corrected chi connectivity index (χ0v) is 15.0. The van der Waals surface area contributed by atoms with Crippen molar-refractivity contribution in [2.45, 2.75) is 17.9 Å². The van der Waals surface area contributed by atoms with Gasteiger partial charge < -0.3 is 14.5 Å². The predicted molar refractivity (Wildman–Crippen MR) is 96.5 cm³/mol. The van der Waals surface area contributed by atoms with E-state index in [2.05, 4.69) is 5.32 Å². The lowest BCUT2D eigenvalue weighted by atomic mass is 10.1. The van der Waals surface area contributed by atoms with Crippen LogP contribution in [0.25, 0.3) is 11.0 Å². The molecule has 0 radical (unpaired) electrons. The lowest BCUT2D eigenvalue weighted by Gasteiger charge is -2.14. The number of para-hydroxylation sites is 1. The highest BCUT2D eigenvalue weighted by Crippen LogP contribution is 2.26. The molecule has 0 spiro atoms. The maximum absolute atomic E-state index is 12.6. The largest absolute Gasteiger partial charge is 0.496 e. The maximum Gasteiger partial charge on any atom is 0.255 e. The number of ether oxygens (including phenoxy) is 1. The minimum atomic E-state index is -3.94. The smallest absolute Gasteiger partial charge is 0.255 e. The number of primary sulfonamides is 1. The molecule has 7 nitrogen and oxygen atoms in total. The number of fused-ring (bicyclic) bond motifs is 1. The van der Waals surface area contributed by atoms with Crippen molar-refractivity contribution in [1.82, 2.24) is 5.32 Å². The first-order valence-electron chi connectivity index (χ1n) is 7.80. The Labute approximate surface area is 150 Å². The van der Waals surface area contributed by atoms with Gasteiger partial charge in [0.05, 0.1) is 23.6 Å². The highest BCUT2D eigenvalue weighted by molar-refractivity contribution is 7.89. The van der Waals surface area contributed by atoms with Gasteiger partial charge in [0.1, 0.15) is 17.1 Å². The number of carbonyl (C=O) groups excluding carboxylic acids is 1. The Kier molecular flexibility index (Phi) is 4.71. The molecule has 0 unspecified atom stereocenters. The van der Waals surface area contributed by atoms with Gasteiger partial charge in [0.2, 0.25) is 10.0 Å². The van der Waals surface area contributed by atoms with Gasteiger partial charge in [-0.1, -0.05) is 18.2 Å². The van der Waals surface area contributed by atoms with E-state index >= 15 is 0 Å². The number of furan rings is 1. The summed E-state index contributed by atoms with van der Waals surface area (Å²) in [6.45, 7) is 1.77. The van der Waals surface area contributed by atoms with Crippen LogP contribution in [-0.2, 0) is 10.0 Å². The molecule has 1 heterocycles. The topological polar surface area (TPSA) is 112 Å². The molecule has 2 aromatic carbocycles. The molecule has 1 aromatic heterocycles. The van der Waals surface area contributed by atoms with Gasteiger partial charge in [-0.25, -0.2) is 13.6 Å². The van der Waals surface area contributed by atoms with Crippen LogP contribution in [0.1, 0.15) is 29.1 Å². The van der Waals surface area contributed by atoms with E-state index in [1.165, 1.54) is 25.3 Å². The highest BCUT2D eigenvalue weighted by atomic mass is 32.2. The molecule has 1 atom stereocenters. The van der Waals surface area contributed by atoms with Crippen LogP contribution in [0.5, 0.6) is 5.75 Å². The molecule has 3 N–H and O–H groups in total. The monoisotopic (exact) mass is 374 g/mol. The SMILES string of the molecule is COc1ccc(S(N)(=O)=O)cc1C(=O)N[C@@H](C)c1cc2ccccc2o1. The van der Waals surface area contributed by atoms with Crippen LogP contribution in [0.15, 0.2) is 57.8 Å². The number of hydrogen-bond acceptors (Lipinski definition) is 5. The molecule has 136 valence electrons. The van der Waals surface area contributed by atoms with E-state index in [1.807, 2.05) is 30.3 Å². The summed E-state index contributed by atoms with van der Waals surface area (Å²) >= 11 is 0. The van der Waals surface area contributed by atoms with Gasteiger partial charge in [-0.15, -0.1) is 0 Å². The first-order chi connectivity index (χ1) is 12.3. The Morgan fingerprint density at radius 2 is 1.92 bits per heavy atom. The molecule has 0 saturated carbocycles. The van der Waals surface area contributed by atoms with Gasteiger partial charge >= 0.3 is 0 Å². The number of amides is 1. The molecule has 26 heavy (non-hydrogen) atoms. The second kappa shape index (κ2) is 6.81. The lowest BCUT2D eigenvalue weighted by Crippen LogP contribution is -2.27. The van der Waals surface area contributed by atoms with Crippen molar-refractivity contribution in [2.24, 2.45) is 5.14 Å². The third-order valence-corrected chi connectivity index (χ3v) is 4.87. The summed E-state index contributed by atoms with van der Waals surface area (Å²) in [6.07, 6.45) is 0. The zero-order chi connectivity index (χ0) is 18.9. The number of hydrogen-bond donors (Lipinski definition) is 2. The van der Waals surface area contributed by atoms with Crippen LogP contribution >= 0.6 is 0 Å². The van der Waals surface area contributed by atoms with Crippen molar-refractivity contribution >= 4 is 26.9 Å². The van der Waals surface area contributed by atoms with Crippen molar-refractivity contribution in [2.75, 3.05) is 7.11 Å². The number of nitrogens with one attached hydrogen (secondary N) is 1. The molecule has 0 fully saturated rings. The van der Waals surface area contributed by atoms with Crippen LogP contribution in [0.4, 0.5) is 0 Å². The van der Waals surface area contributed by atoms with E-state index < -0.39 is 22.0 Å². The fourth-order valence-electron chi connectivity index (χ4n) is 2.60. The summed E-state index contributed by atoms with van der Waals surface area (Å²) in [5.74, 6) is 0.327. The minimum Gasteiger partial charge on any atom is -0.496 e. The van der Waals surface area contributed by atoms with Gasteiger partial charge in [-0.05, 0) is 37.3 Å². The van der Waals surface area contributed by atoms with Crippen molar-refractivity contribution in [3.63, 3.8) is 0 Å². The summed E-state index contributed by atoms with van der Waals surface area (Å²) in [4.78, 5) is 12.5. The second-order valence-electron chi connectivity index (χ2n) is 5.79. The number of benzene rings is 2. The third-order valence-electron chi connectivity index (χ3n) is 3.96. The van der Waals surface area contributed by atoms with E-state index in [1.54, 1.807) is 6.92 Å². The van der Waals surface area contributed by atoms with Crippen LogP contribution < -0.4 is 15.2 Å².